The first-order valence-electron chi connectivity index (χ1n) is 12.2. The van der Waals surface area contributed by atoms with Gasteiger partial charge in [-0.3, -0.25) is 14.7 Å². The van der Waals surface area contributed by atoms with Gasteiger partial charge in [0.1, 0.15) is 18.0 Å². The molecule has 36 heavy (non-hydrogen) atoms. The number of pyridine rings is 2. The summed E-state index contributed by atoms with van der Waals surface area (Å²) >= 11 is 0. The fourth-order valence-corrected chi connectivity index (χ4v) is 4.91. The summed E-state index contributed by atoms with van der Waals surface area (Å²) in [5.41, 5.74) is 3.70. The van der Waals surface area contributed by atoms with Crippen LogP contribution in [0.2, 0.25) is 0 Å². The molecule has 0 amide bonds. The number of rotatable bonds is 8. The zero-order chi connectivity index (χ0) is 24.3. The molecule has 0 atom stereocenters. The number of fused-ring (bicyclic) bond motifs is 4. The Morgan fingerprint density at radius 2 is 1.75 bits per heavy atom. The second-order valence-electron chi connectivity index (χ2n) is 9.13. The molecule has 2 aromatic carbocycles. The van der Waals surface area contributed by atoms with E-state index in [2.05, 4.69) is 49.6 Å². The Hall–Kier alpha value is -4.29. The zero-order valence-electron chi connectivity index (χ0n) is 20.0. The summed E-state index contributed by atoms with van der Waals surface area (Å²) in [6, 6.07) is 22.1. The standard InChI is InChI=1S/C30H27N4O2/c35-29-25(22-36-30-26-7-2-1-6-24(26)9-10-27(29)30)21-32(20-23-11-13-31-14-12-23)15-5-17-34-19-18-33-16-4-3-8-28(33)34/h1-4,6-14,16,18-19,22H,5,15,17,20-21H2/q+1. The molecule has 0 aliphatic rings. The molecule has 6 aromatic rings. The van der Waals surface area contributed by atoms with Crippen LogP contribution in [0.5, 0.6) is 0 Å². The minimum Gasteiger partial charge on any atom is -0.463 e. The SMILES string of the molecule is O=c1c(CN(CCC[n+]2ccn3ccccc32)Cc2ccncc2)coc2c1ccc1ccccc12. The van der Waals surface area contributed by atoms with Crippen molar-refractivity contribution in [3.05, 3.63) is 125 Å². The van der Waals surface area contributed by atoms with Gasteiger partial charge in [0.05, 0.1) is 24.4 Å². The van der Waals surface area contributed by atoms with Gasteiger partial charge in [0.25, 0.3) is 5.65 Å². The van der Waals surface area contributed by atoms with Gasteiger partial charge in [-0.05, 0) is 41.6 Å². The van der Waals surface area contributed by atoms with Crippen LogP contribution in [0, 0.1) is 0 Å². The largest absolute Gasteiger partial charge is 0.463 e. The predicted molar refractivity (Wildman–Crippen MR) is 141 cm³/mol. The molecule has 6 heteroatoms. The van der Waals surface area contributed by atoms with E-state index in [4.69, 9.17) is 4.42 Å². The Bertz CT molecular complexity index is 1710. The number of imidazole rings is 1. The first kappa shape index (κ1) is 22.2. The summed E-state index contributed by atoms with van der Waals surface area (Å²) in [7, 11) is 0. The third-order valence-corrected chi connectivity index (χ3v) is 6.73. The first-order chi connectivity index (χ1) is 17.8. The highest BCUT2D eigenvalue weighted by molar-refractivity contribution is 6.03. The molecule has 0 aliphatic carbocycles. The van der Waals surface area contributed by atoms with E-state index in [0.717, 1.165) is 36.8 Å². The monoisotopic (exact) mass is 475 g/mol. The minimum atomic E-state index is 0.0366. The van der Waals surface area contributed by atoms with Crippen molar-refractivity contribution >= 4 is 27.4 Å². The second-order valence-corrected chi connectivity index (χ2v) is 9.13. The Morgan fingerprint density at radius 1 is 0.889 bits per heavy atom. The molecule has 0 fully saturated rings. The summed E-state index contributed by atoms with van der Waals surface area (Å²) in [6.45, 7) is 2.99. The molecule has 4 heterocycles. The minimum absolute atomic E-state index is 0.0366. The molecule has 0 spiro atoms. The molecule has 4 aromatic heterocycles. The summed E-state index contributed by atoms with van der Waals surface area (Å²) in [4.78, 5) is 19.9. The number of aromatic nitrogens is 3. The fourth-order valence-electron chi connectivity index (χ4n) is 4.91. The van der Waals surface area contributed by atoms with Crippen LogP contribution in [-0.2, 0) is 19.6 Å². The van der Waals surface area contributed by atoms with Gasteiger partial charge in [-0.15, -0.1) is 0 Å². The molecule has 0 saturated carbocycles. The van der Waals surface area contributed by atoms with Crippen LogP contribution in [0.1, 0.15) is 17.5 Å². The highest BCUT2D eigenvalue weighted by atomic mass is 16.3. The number of nitrogens with zero attached hydrogens (tertiary/aromatic N) is 4. The average molecular weight is 476 g/mol. The van der Waals surface area contributed by atoms with Crippen molar-refractivity contribution in [1.82, 2.24) is 14.3 Å². The lowest BCUT2D eigenvalue weighted by atomic mass is 10.1. The average Bonchev–Trinajstić information content (AvgIpc) is 3.33. The smallest absolute Gasteiger partial charge is 0.286 e. The van der Waals surface area contributed by atoms with Gasteiger partial charge in [-0.25, -0.2) is 8.97 Å². The van der Waals surface area contributed by atoms with E-state index < -0.39 is 0 Å². The zero-order valence-corrected chi connectivity index (χ0v) is 20.0. The summed E-state index contributed by atoms with van der Waals surface area (Å²) < 4.78 is 10.4. The molecule has 178 valence electrons. The fraction of sp³-hybridized carbons (Fsp3) is 0.167. The maximum absolute atomic E-state index is 13.5. The van der Waals surface area contributed by atoms with Crippen molar-refractivity contribution in [2.45, 2.75) is 26.1 Å². The number of hydrogen-bond donors (Lipinski definition) is 0. The highest BCUT2D eigenvalue weighted by Gasteiger charge is 2.15. The Morgan fingerprint density at radius 3 is 2.67 bits per heavy atom. The number of hydrogen-bond acceptors (Lipinski definition) is 4. The molecule has 6 rings (SSSR count). The Balaban J connectivity index is 1.26. The lowest BCUT2D eigenvalue weighted by molar-refractivity contribution is -0.671. The Kier molecular flexibility index (Phi) is 6.01. The third-order valence-electron chi connectivity index (χ3n) is 6.73. The third kappa shape index (κ3) is 4.39. The van der Waals surface area contributed by atoms with Gasteiger partial charge in [-0.1, -0.05) is 36.4 Å². The topological polar surface area (TPSA) is 54.6 Å². The molecule has 0 bridgehead atoms. The summed E-state index contributed by atoms with van der Waals surface area (Å²) in [5.74, 6) is 0. The summed E-state index contributed by atoms with van der Waals surface area (Å²) in [6.07, 6.45) is 12.5. The van der Waals surface area contributed by atoms with Crippen LogP contribution in [-0.4, -0.2) is 20.8 Å². The number of benzene rings is 2. The molecule has 0 aliphatic heterocycles. The lowest BCUT2D eigenvalue weighted by Crippen LogP contribution is -2.35. The van der Waals surface area contributed by atoms with Crippen molar-refractivity contribution in [3.8, 4) is 0 Å². The van der Waals surface area contributed by atoms with Gasteiger partial charge in [0, 0.05) is 49.0 Å². The normalized spacial score (nSPS) is 11.7. The van der Waals surface area contributed by atoms with E-state index in [1.807, 2.05) is 67.0 Å². The maximum atomic E-state index is 13.5. The van der Waals surface area contributed by atoms with E-state index >= 15 is 0 Å². The van der Waals surface area contributed by atoms with Gasteiger partial charge in [0.2, 0.25) is 0 Å². The predicted octanol–water partition coefficient (Wildman–Crippen LogP) is 4.97. The van der Waals surface area contributed by atoms with Crippen molar-refractivity contribution in [3.63, 3.8) is 0 Å². The molecule has 0 unspecified atom stereocenters. The molecular weight excluding hydrogens is 448 g/mol. The van der Waals surface area contributed by atoms with E-state index in [0.29, 0.717) is 23.1 Å². The van der Waals surface area contributed by atoms with Gasteiger partial charge >= 0.3 is 0 Å². The van der Waals surface area contributed by atoms with E-state index in [9.17, 15) is 4.79 Å². The van der Waals surface area contributed by atoms with E-state index in [1.165, 1.54) is 11.2 Å². The molecule has 0 saturated heterocycles. The first-order valence-corrected chi connectivity index (χ1v) is 12.2. The molecule has 0 N–H and O–H groups in total. The van der Waals surface area contributed by atoms with Crippen LogP contribution in [0.3, 0.4) is 0 Å². The Labute approximate surface area is 208 Å². The van der Waals surface area contributed by atoms with Crippen molar-refractivity contribution in [2.24, 2.45) is 0 Å². The molecular formula is C30H27N4O2+. The number of aryl methyl sites for hydroxylation is 1. The van der Waals surface area contributed by atoms with Gasteiger partial charge in [0.15, 0.2) is 5.43 Å². The summed E-state index contributed by atoms with van der Waals surface area (Å²) in [5, 5.41) is 2.66. The maximum Gasteiger partial charge on any atom is 0.286 e. The van der Waals surface area contributed by atoms with Gasteiger partial charge in [-0.2, -0.15) is 0 Å². The van der Waals surface area contributed by atoms with Gasteiger partial charge < -0.3 is 4.42 Å². The quantitative estimate of drug-likeness (QED) is 0.230. The van der Waals surface area contributed by atoms with E-state index in [-0.39, 0.29) is 5.43 Å². The van der Waals surface area contributed by atoms with Crippen LogP contribution in [0.15, 0.2) is 113 Å². The molecule has 0 radical (unpaired) electrons. The second kappa shape index (κ2) is 9.76. The van der Waals surface area contributed by atoms with Crippen LogP contribution >= 0.6 is 0 Å². The van der Waals surface area contributed by atoms with Crippen molar-refractivity contribution in [1.29, 1.82) is 0 Å². The molecule has 6 nitrogen and oxygen atoms in total. The van der Waals surface area contributed by atoms with Crippen LogP contribution < -0.4 is 10.00 Å². The van der Waals surface area contributed by atoms with E-state index in [1.54, 1.807) is 6.26 Å². The highest BCUT2D eigenvalue weighted by Crippen LogP contribution is 2.24. The van der Waals surface area contributed by atoms with Crippen LogP contribution in [0.4, 0.5) is 0 Å². The lowest BCUT2D eigenvalue weighted by Gasteiger charge is -2.22. The van der Waals surface area contributed by atoms with Crippen molar-refractivity contribution in [2.75, 3.05) is 6.54 Å². The van der Waals surface area contributed by atoms with Crippen LogP contribution in [0.25, 0.3) is 27.4 Å². The van der Waals surface area contributed by atoms with Crippen molar-refractivity contribution < 1.29 is 8.98 Å².